The molecule has 0 aromatic rings. The van der Waals surface area contributed by atoms with Crippen LogP contribution in [0.5, 0.6) is 0 Å². The number of carbonyl (C=O) groups is 3. The van der Waals surface area contributed by atoms with E-state index in [1.54, 1.807) is 12.2 Å². The summed E-state index contributed by atoms with van der Waals surface area (Å²) in [7, 11) is 0.970. The lowest BCUT2D eigenvalue weighted by atomic mass is 9.88. The molecule has 0 aliphatic heterocycles. The molecular weight excluding hydrogens is 822 g/mol. The van der Waals surface area contributed by atoms with Crippen LogP contribution in [0.25, 0.3) is 0 Å². The van der Waals surface area contributed by atoms with E-state index in [1.807, 2.05) is 33.3 Å². The fraction of sp³-hybridized carbons (Fsp3) is 0.700. The van der Waals surface area contributed by atoms with Crippen molar-refractivity contribution in [2.75, 3.05) is 47.5 Å². The molecule has 0 heterocycles. The third kappa shape index (κ3) is 33.2. The van der Waals surface area contributed by atoms with E-state index < -0.39 is 44.7 Å². The minimum absolute atomic E-state index is 0.0336. The molecule has 0 amide bonds. The monoisotopic (exact) mass is 906 g/mol. The zero-order chi connectivity index (χ0) is 46.6. The fourth-order valence-electron chi connectivity index (χ4n) is 6.83. The Balaban J connectivity index is 2.50. The topological polar surface area (TPSA) is 169 Å². The van der Waals surface area contributed by atoms with Crippen LogP contribution in [0.4, 0.5) is 0 Å². The Bertz CT molecular complexity index is 1460. The number of hydrogen-bond donors (Lipinski definition) is 2. The summed E-state index contributed by atoms with van der Waals surface area (Å²) < 4.78 is 33.8. The second-order valence-electron chi connectivity index (χ2n) is 17.5. The summed E-state index contributed by atoms with van der Waals surface area (Å²) in [5.41, 5.74) is 0. The van der Waals surface area contributed by atoms with Gasteiger partial charge >= 0.3 is 11.9 Å². The summed E-state index contributed by atoms with van der Waals surface area (Å²) in [5, 5.41) is 20.8. The lowest BCUT2D eigenvalue weighted by Gasteiger charge is -2.28. The maximum Gasteiger partial charge on any atom is 0.306 e. The minimum Gasteiger partial charge on any atom is -0.756 e. The zero-order valence-corrected chi connectivity index (χ0v) is 40.4. The van der Waals surface area contributed by atoms with Crippen molar-refractivity contribution in [2.45, 2.75) is 167 Å². The summed E-state index contributed by atoms with van der Waals surface area (Å²) >= 11 is 0. The van der Waals surface area contributed by atoms with Gasteiger partial charge in [-0.15, -0.1) is 0 Å². The van der Waals surface area contributed by atoms with Crippen LogP contribution in [-0.4, -0.2) is 98.2 Å². The highest BCUT2D eigenvalue weighted by Gasteiger charge is 2.39. The third-order valence-corrected chi connectivity index (χ3v) is 11.6. The van der Waals surface area contributed by atoms with Gasteiger partial charge in [0.1, 0.15) is 25.5 Å². The zero-order valence-electron chi connectivity index (χ0n) is 39.5. The Kier molecular flexibility index (Phi) is 33.4. The van der Waals surface area contributed by atoms with Crippen LogP contribution in [0.1, 0.15) is 149 Å². The molecule has 1 unspecified atom stereocenters. The fourth-order valence-corrected chi connectivity index (χ4v) is 7.55. The van der Waals surface area contributed by atoms with Gasteiger partial charge in [-0.1, -0.05) is 138 Å². The molecule has 13 heteroatoms. The van der Waals surface area contributed by atoms with Crippen LogP contribution in [0, 0.1) is 11.8 Å². The number of carbonyl (C=O) groups excluding carboxylic acids is 3. The normalized spacial score (nSPS) is 19.4. The molecular formula is C50H84NO11P. The second kappa shape index (κ2) is 36.3. The Morgan fingerprint density at radius 3 is 1.97 bits per heavy atom. The van der Waals surface area contributed by atoms with Crippen molar-refractivity contribution in [1.82, 2.24) is 0 Å². The standard InChI is InChI=1S/C50H84NO11P/c1-6-8-10-11-12-13-14-15-16-17-18-19-20-21-22-23-24-25-30-34-49(55)59-41-44(42-61-63(57,58)60-39-38-51(3,4)5)62-50(56)35-31-27-26-29-33-45-46(48(54)40-47(45)53)37-36-43(52)32-28-9-7-2/h12-13,15-16,18-19,21-22,24-25,36-37,43-46,48,52,54H,6-11,14,17,20,23,26-35,38-42H2,1-5H3/b13-12-,16-15-,19-18-,22-21-,25-24-,37-36+/t43-,44+,45+,46+,48+/m0/s1. The van der Waals surface area contributed by atoms with Gasteiger partial charge in [-0.25, -0.2) is 0 Å². The molecule has 0 saturated heterocycles. The molecule has 1 aliphatic carbocycles. The molecule has 1 aliphatic rings. The molecule has 1 fully saturated rings. The summed E-state index contributed by atoms with van der Waals surface area (Å²) in [6.07, 6.45) is 38.4. The predicted octanol–water partition coefficient (Wildman–Crippen LogP) is 9.76. The molecule has 0 aromatic heterocycles. The Morgan fingerprint density at radius 2 is 1.35 bits per heavy atom. The second-order valence-corrected chi connectivity index (χ2v) is 19.0. The first kappa shape index (κ1) is 58.1. The van der Waals surface area contributed by atoms with E-state index in [4.69, 9.17) is 18.5 Å². The number of quaternary nitrogens is 1. The first-order chi connectivity index (χ1) is 30.2. The van der Waals surface area contributed by atoms with Crippen LogP contribution in [-0.2, 0) is 37.5 Å². The van der Waals surface area contributed by atoms with Crippen LogP contribution in [0.2, 0.25) is 0 Å². The minimum atomic E-state index is -4.72. The van der Waals surface area contributed by atoms with E-state index in [1.165, 1.54) is 25.7 Å². The van der Waals surface area contributed by atoms with Gasteiger partial charge in [0.2, 0.25) is 0 Å². The van der Waals surface area contributed by atoms with E-state index in [0.717, 1.165) is 57.8 Å². The maximum absolute atomic E-state index is 12.8. The molecule has 63 heavy (non-hydrogen) atoms. The molecule has 360 valence electrons. The summed E-state index contributed by atoms with van der Waals surface area (Å²) in [4.78, 5) is 50.4. The number of aliphatic hydroxyl groups excluding tert-OH is 2. The van der Waals surface area contributed by atoms with Crippen molar-refractivity contribution in [3.8, 4) is 0 Å². The lowest BCUT2D eigenvalue weighted by Crippen LogP contribution is -2.37. The first-order valence-corrected chi connectivity index (χ1v) is 25.2. The number of allylic oxidation sites excluding steroid dienone is 10. The van der Waals surface area contributed by atoms with Gasteiger partial charge in [0, 0.05) is 31.1 Å². The van der Waals surface area contributed by atoms with E-state index >= 15 is 0 Å². The number of unbranched alkanes of at least 4 members (excludes halogenated alkanes) is 8. The highest BCUT2D eigenvalue weighted by molar-refractivity contribution is 7.45. The van der Waals surface area contributed by atoms with E-state index in [0.29, 0.717) is 43.1 Å². The first-order valence-electron chi connectivity index (χ1n) is 23.7. The number of Topliss-reactive ketones (excluding diaryl/α,β-unsaturated/α-hetero) is 1. The van der Waals surface area contributed by atoms with E-state index in [-0.39, 0.29) is 50.1 Å². The summed E-state index contributed by atoms with van der Waals surface area (Å²) in [6, 6.07) is 0. The predicted molar refractivity (Wildman–Crippen MR) is 250 cm³/mol. The molecule has 1 rings (SSSR count). The number of ketones is 1. The molecule has 6 atom stereocenters. The highest BCUT2D eigenvalue weighted by atomic mass is 31.2. The van der Waals surface area contributed by atoms with Gasteiger partial charge in [-0.05, 0) is 64.2 Å². The average Bonchev–Trinajstić information content (AvgIpc) is 3.50. The maximum atomic E-state index is 12.8. The summed E-state index contributed by atoms with van der Waals surface area (Å²) in [5.74, 6) is -1.68. The smallest absolute Gasteiger partial charge is 0.306 e. The lowest BCUT2D eigenvalue weighted by molar-refractivity contribution is -0.870. The van der Waals surface area contributed by atoms with Crippen LogP contribution >= 0.6 is 7.82 Å². The number of likely N-dealkylation sites (N-methyl/N-ethyl adjacent to an activating group) is 1. The number of esters is 2. The number of rotatable bonds is 38. The van der Waals surface area contributed by atoms with Gasteiger partial charge in [-0.3, -0.25) is 18.9 Å². The number of phosphoric acid groups is 1. The quantitative estimate of drug-likeness (QED) is 0.0199. The van der Waals surface area contributed by atoms with Crippen LogP contribution < -0.4 is 4.89 Å². The van der Waals surface area contributed by atoms with Gasteiger partial charge in [0.25, 0.3) is 7.82 Å². The van der Waals surface area contributed by atoms with Crippen molar-refractivity contribution >= 4 is 25.5 Å². The van der Waals surface area contributed by atoms with E-state index in [2.05, 4.69) is 62.5 Å². The summed E-state index contributed by atoms with van der Waals surface area (Å²) in [6.45, 7) is 3.72. The van der Waals surface area contributed by atoms with Gasteiger partial charge < -0.3 is 38.1 Å². The third-order valence-electron chi connectivity index (χ3n) is 10.6. The molecule has 0 aromatic carbocycles. The number of nitrogens with zero attached hydrogens (tertiary/aromatic N) is 1. The molecule has 1 saturated carbocycles. The van der Waals surface area contributed by atoms with Crippen LogP contribution in [0.3, 0.4) is 0 Å². The molecule has 0 spiro atoms. The van der Waals surface area contributed by atoms with E-state index in [9.17, 15) is 34.1 Å². The van der Waals surface area contributed by atoms with Crippen molar-refractivity contribution in [3.63, 3.8) is 0 Å². The number of phosphoric ester groups is 1. The largest absolute Gasteiger partial charge is 0.756 e. The number of ether oxygens (including phenoxy) is 2. The highest BCUT2D eigenvalue weighted by Crippen LogP contribution is 2.38. The average molecular weight is 906 g/mol. The number of aliphatic hydroxyl groups is 2. The SMILES string of the molecule is CCCCC/C=C\C/C=C\C/C=C\C/C=C\C/C=C\CCC(=O)OC[C@H](COP(=O)([O-])OCC[N+](C)(C)C)OC(=O)CCCCCC[C@H]1C(=O)C[C@@H](O)[C@@H]1/C=C/[C@@H](O)CCCCC. The van der Waals surface area contributed by atoms with Gasteiger partial charge in [-0.2, -0.15) is 0 Å². The van der Waals surface area contributed by atoms with Gasteiger partial charge in [0.15, 0.2) is 6.10 Å². The molecule has 12 nitrogen and oxygen atoms in total. The van der Waals surface area contributed by atoms with Crippen molar-refractivity contribution in [3.05, 3.63) is 72.9 Å². The van der Waals surface area contributed by atoms with Crippen molar-refractivity contribution in [2.24, 2.45) is 11.8 Å². The molecule has 0 bridgehead atoms. The van der Waals surface area contributed by atoms with Crippen LogP contribution in [0.15, 0.2) is 72.9 Å². The molecule has 2 N–H and O–H groups in total. The Morgan fingerprint density at radius 1 is 0.762 bits per heavy atom. The Hall–Kier alpha value is -2.96. The van der Waals surface area contributed by atoms with Crippen molar-refractivity contribution in [1.29, 1.82) is 0 Å². The van der Waals surface area contributed by atoms with Gasteiger partial charge in [0.05, 0.1) is 40.0 Å². The Labute approximate surface area is 380 Å². The molecule has 0 radical (unpaired) electrons. The number of hydrogen-bond acceptors (Lipinski definition) is 11. The van der Waals surface area contributed by atoms with Crippen molar-refractivity contribution < 1.29 is 57.1 Å².